The van der Waals surface area contributed by atoms with Crippen LogP contribution in [0.25, 0.3) is 0 Å². The Kier molecular flexibility index (Phi) is 6.47. The minimum Gasteiger partial charge on any atom is -0.356 e. The molecule has 9 nitrogen and oxygen atoms in total. The van der Waals surface area contributed by atoms with E-state index in [9.17, 15) is 18.0 Å². The van der Waals surface area contributed by atoms with Crippen LogP contribution in [-0.2, 0) is 19.4 Å². The van der Waals surface area contributed by atoms with Crippen LogP contribution in [0.3, 0.4) is 0 Å². The van der Waals surface area contributed by atoms with E-state index in [-0.39, 0.29) is 48.7 Å². The van der Waals surface area contributed by atoms with Gasteiger partial charge in [0.1, 0.15) is 0 Å². The zero-order valence-corrected chi connectivity index (χ0v) is 14.0. The van der Waals surface area contributed by atoms with Gasteiger partial charge < -0.3 is 16.0 Å². The molecule has 0 spiro atoms. The molecule has 1 aromatic heterocycles. The van der Waals surface area contributed by atoms with Crippen LogP contribution in [0.15, 0.2) is 18.5 Å². The van der Waals surface area contributed by atoms with Gasteiger partial charge in [-0.1, -0.05) is 0 Å². The molecule has 0 aliphatic carbocycles. The van der Waals surface area contributed by atoms with E-state index in [0.29, 0.717) is 18.9 Å². The highest BCUT2D eigenvalue weighted by Crippen LogP contribution is 2.11. The molecule has 3 N–H and O–H groups in total. The van der Waals surface area contributed by atoms with Gasteiger partial charge in [-0.2, -0.15) is 0 Å². The molecular formula is C14H21N5O4S. The van der Waals surface area contributed by atoms with Gasteiger partial charge >= 0.3 is 0 Å². The Bertz CT molecular complexity index is 665. The van der Waals surface area contributed by atoms with E-state index in [1.165, 1.54) is 0 Å². The molecule has 1 saturated heterocycles. The molecule has 1 aromatic rings. The maximum Gasteiger partial charge on any atom is 0.222 e. The van der Waals surface area contributed by atoms with Crippen molar-refractivity contribution in [1.82, 2.24) is 20.6 Å². The number of hydrogen-bond acceptors (Lipinski definition) is 7. The lowest BCUT2D eigenvalue weighted by atomic mass is 10.2. The standard InChI is InChI=1S/C14H21N5O4S/c20-12(2-8-18-14-16-5-1-6-17-14)15-7-3-13(21)19-11-4-9-24(22,23)10-11/h1,5-6,11H,2-4,7-10H2,(H,15,20)(H,19,21)(H,16,17,18). The van der Waals surface area contributed by atoms with Gasteiger partial charge in [0.05, 0.1) is 11.5 Å². The van der Waals surface area contributed by atoms with Crippen LogP contribution in [0.4, 0.5) is 5.95 Å². The van der Waals surface area contributed by atoms with Crippen LogP contribution in [-0.4, -0.2) is 60.8 Å². The number of aromatic nitrogens is 2. The maximum atomic E-state index is 11.7. The second-order valence-electron chi connectivity index (χ2n) is 5.52. The number of sulfone groups is 1. The molecule has 1 aliphatic rings. The summed E-state index contributed by atoms with van der Waals surface area (Å²) in [6.45, 7) is 0.605. The summed E-state index contributed by atoms with van der Waals surface area (Å²) < 4.78 is 22.6. The molecule has 10 heteroatoms. The number of hydrogen-bond donors (Lipinski definition) is 3. The van der Waals surface area contributed by atoms with Crippen molar-refractivity contribution in [2.45, 2.75) is 25.3 Å². The van der Waals surface area contributed by atoms with Crippen molar-refractivity contribution >= 4 is 27.6 Å². The van der Waals surface area contributed by atoms with Crippen LogP contribution in [0, 0.1) is 0 Å². The van der Waals surface area contributed by atoms with Crippen molar-refractivity contribution in [3.63, 3.8) is 0 Å². The van der Waals surface area contributed by atoms with Gasteiger partial charge in [0, 0.05) is 44.4 Å². The van der Waals surface area contributed by atoms with E-state index in [4.69, 9.17) is 0 Å². The summed E-state index contributed by atoms with van der Waals surface area (Å²) in [5, 5.41) is 8.23. The minimum absolute atomic E-state index is 0.00166. The zero-order valence-electron chi connectivity index (χ0n) is 13.2. The zero-order chi connectivity index (χ0) is 17.4. The monoisotopic (exact) mass is 355 g/mol. The van der Waals surface area contributed by atoms with Crippen LogP contribution in [0.1, 0.15) is 19.3 Å². The molecule has 1 aliphatic heterocycles. The summed E-state index contributed by atoms with van der Waals surface area (Å²) in [5.74, 6) is 0.129. The number of carbonyl (C=O) groups is 2. The van der Waals surface area contributed by atoms with Gasteiger partial charge in [-0.15, -0.1) is 0 Å². The summed E-state index contributed by atoms with van der Waals surface area (Å²) in [7, 11) is -3.01. The maximum absolute atomic E-state index is 11.7. The molecule has 0 aromatic carbocycles. The highest BCUT2D eigenvalue weighted by Gasteiger charge is 2.28. The number of anilines is 1. The third-order valence-electron chi connectivity index (χ3n) is 3.47. The largest absolute Gasteiger partial charge is 0.356 e. The van der Waals surface area contributed by atoms with E-state index in [1.807, 2.05) is 0 Å². The number of rotatable bonds is 8. The molecule has 1 atom stereocenters. The smallest absolute Gasteiger partial charge is 0.222 e. The first-order chi connectivity index (χ1) is 11.4. The van der Waals surface area contributed by atoms with Crippen molar-refractivity contribution in [2.75, 3.05) is 29.9 Å². The van der Waals surface area contributed by atoms with Crippen molar-refractivity contribution in [1.29, 1.82) is 0 Å². The Morgan fingerprint density at radius 2 is 1.83 bits per heavy atom. The first-order valence-corrected chi connectivity index (χ1v) is 9.54. The molecule has 0 saturated carbocycles. The average Bonchev–Trinajstić information content (AvgIpc) is 2.87. The van der Waals surface area contributed by atoms with Crippen LogP contribution in [0.5, 0.6) is 0 Å². The van der Waals surface area contributed by atoms with Gasteiger partial charge in [-0.3, -0.25) is 9.59 Å². The van der Waals surface area contributed by atoms with Crippen LogP contribution < -0.4 is 16.0 Å². The highest BCUT2D eigenvalue weighted by molar-refractivity contribution is 7.91. The lowest BCUT2D eigenvalue weighted by molar-refractivity contribution is -0.122. The van der Waals surface area contributed by atoms with E-state index in [0.717, 1.165) is 0 Å². The number of nitrogens with one attached hydrogen (secondary N) is 3. The second kappa shape index (κ2) is 8.57. The second-order valence-corrected chi connectivity index (χ2v) is 7.75. The van der Waals surface area contributed by atoms with Gasteiger partial charge in [0.15, 0.2) is 9.84 Å². The molecule has 1 fully saturated rings. The van der Waals surface area contributed by atoms with E-state index in [2.05, 4.69) is 25.9 Å². The predicted octanol–water partition coefficient (Wildman–Crippen LogP) is -0.912. The molecule has 2 heterocycles. The molecule has 1 unspecified atom stereocenters. The minimum atomic E-state index is -3.01. The van der Waals surface area contributed by atoms with E-state index in [1.54, 1.807) is 18.5 Å². The number of amides is 2. The fourth-order valence-corrected chi connectivity index (χ4v) is 3.96. The summed E-state index contributed by atoms with van der Waals surface area (Å²) in [5.41, 5.74) is 0. The fraction of sp³-hybridized carbons (Fsp3) is 0.571. The highest BCUT2D eigenvalue weighted by atomic mass is 32.2. The van der Waals surface area contributed by atoms with Crippen LogP contribution in [0.2, 0.25) is 0 Å². The predicted molar refractivity (Wildman–Crippen MR) is 88.0 cm³/mol. The third kappa shape index (κ3) is 6.49. The Labute approximate surface area is 140 Å². The third-order valence-corrected chi connectivity index (χ3v) is 5.24. The summed E-state index contributed by atoms with van der Waals surface area (Å²) >= 11 is 0. The lowest BCUT2D eigenvalue weighted by Crippen LogP contribution is -2.37. The Morgan fingerprint density at radius 3 is 2.50 bits per heavy atom. The molecule has 0 radical (unpaired) electrons. The molecule has 132 valence electrons. The van der Waals surface area contributed by atoms with E-state index < -0.39 is 9.84 Å². The molecular weight excluding hydrogens is 334 g/mol. The summed E-state index contributed by atoms with van der Waals surface area (Å²) in [4.78, 5) is 31.3. The van der Waals surface area contributed by atoms with Gasteiger partial charge in [-0.25, -0.2) is 18.4 Å². The molecule has 2 amide bonds. The van der Waals surface area contributed by atoms with Gasteiger partial charge in [0.2, 0.25) is 17.8 Å². The quantitative estimate of drug-likeness (QED) is 0.550. The fourth-order valence-electron chi connectivity index (χ4n) is 2.29. The molecule has 0 bridgehead atoms. The SMILES string of the molecule is O=C(CCNc1ncccn1)NCCC(=O)NC1CCS(=O)(=O)C1. The van der Waals surface area contributed by atoms with Gasteiger partial charge in [0.25, 0.3) is 0 Å². The normalized spacial score (nSPS) is 18.8. The van der Waals surface area contributed by atoms with Crippen molar-refractivity contribution < 1.29 is 18.0 Å². The molecule has 24 heavy (non-hydrogen) atoms. The Balaban J connectivity index is 1.55. The number of nitrogens with zero attached hydrogens (tertiary/aromatic N) is 2. The average molecular weight is 355 g/mol. The van der Waals surface area contributed by atoms with Gasteiger partial charge in [-0.05, 0) is 12.5 Å². The van der Waals surface area contributed by atoms with Crippen LogP contribution >= 0.6 is 0 Å². The number of carbonyl (C=O) groups excluding carboxylic acids is 2. The van der Waals surface area contributed by atoms with Crippen molar-refractivity contribution in [3.05, 3.63) is 18.5 Å². The summed E-state index contributed by atoms with van der Waals surface area (Å²) in [6, 6.07) is 1.39. The topological polar surface area (TPSA) is 130 Å². The van der Waals surface area contributed by atoms with Crippen molar-refractivity contribution in [2.24, 2.45) is 0 Å². The first kappa shape index (κ1) is 18.1. The molecule has 2 rings (SSSR count). The van der Waals surface area contributed by atoms with E-state index >= 15 is 0 Å². The first-order valence-electron chi connectivity index (χ1n) is 7.72. The Morgan fingerprint density at radius 1 is 1.12 bits per heavy atom. The Hall–Kier alpha value is -2.23. The summed E-state index contributed by atoms with van der Waals surface area (Å²) in [6.07, 6.45) is 4.01. The lowest BCUT2D eigenvalue weighted by Gasteiger charge is -2.11. The van der Waals surface area contributed by atoms with Crippen molar-refractivity contribution in [3.8, 4) is 0 Å².